The van der Waals surface area contributed by atoms with E-state index in [0.717, 1.165) is 11.1 Å². The Kier molecular flexibility index (Phi) is 4.22. The topological polar surface area (TPSA) is 91.5 Å². The van der Waals surface area contributed by atoms with Gasteiger partial charge in [0.25, 0.3) is 0 Å². The number of nitrogens with zero attached hydrogens (tertiary/aromatic N) is 4. The Balaban J connectivity index is 1.96. The maximum absolute atomic E-state index is 11.6. The van der Waals surface area contributed by atoms with Crippen LogP contribution < -0.4 is 4.90 Å². The summed E-state index contributed by atoms with van der Waals surface area (Å²) in [5.74, 6) is -0.687. The molecule has 26 heavy (non-hydrogen) atoms. The van der Waals surface area contributed by atoms with Crippen molar-refractivity contribution < 1.29 is 15.0 Å². The number of aliphatic carboxylic acids is 1. The Morgan fingerprint density at radius 3 is 2.81 bits per heavy atom. The lowest BCUT2D eigenvalue weighted by atomic mass is 10.1. The summed E-state index contributed by atoms with van der Waals surface area (Å²) in [6, 6.07) is 4.20. The molecule has 3 heterocycles. The van der Waals surface area contributed by atoms with E-state index in [2.05, 4.69) is 9.97 Å². The number of halogens is 2. The molecule has 4 rings (SSSR count). The molecule has 2 atom stereocenters. The lowest BCUT2D eigenvalue weighted by molar-refractivity contribution is -0.140. The first kappa shape index (κ1) is 17.1. The number of rotatable bonds is 3. The average molecular weight is 393 g/mol. The van der Waals surface area contributed by atoms with E-state index < -0.39 is 18.1 Å². The number of carbonyl (C=O) groups is 1. The number of carboxylic acid groups (broad SMARTS) is 1. The van der Waals surface area contributed by atoms with Crippen LogP contribution in [0.25, 0.3) is 16.6 Å². The van der Waals surface area contributed by atoms with Gasteiger partial charge in [-0.25, -0.2) is 14.8 Å². The number of aliphatic hydroxyl groups excluding tert-OH is 1. The summed E-state index contributed by atoms with van der Waals surface area (Å²) in [7, 11) is 0. The highest BCUT2D eigenvalue weighted by atomic mass is 35.5. The first-order chi connectivity index (χ1) is 12.5. The number of benzene rings is 1. The van der Waals surface area contributed by atoms with Crippen LogP contribution >= 0.6 is 23.2 Å². The summed E-state index contributed by atoms with van der Waals surface area (Å²) in [6.45, 7) is 0.373. The molecule has 134 valence electrons. The summed E-state index contributed by atoms with van der Waals surface area (Å²) in [5.41, 5.74) is 1.21. The minimum Gasteiger partial charge on any atom is -0.480 e. The predicted octanol–water partition coefficient (Wildman–Crippen LogP) is 2.75. The number of imidazole rings is 1. The highest BCUT2D eigenvalue weighted by Gasteiger charge is 2.39. The second kappa shape index (κ2) is 6.42. The number of aromatic nitrogens is 3. The molecular formula is C17H14Cl2N4O3. The quantitative estimate of drug-likeness (QED) is 0.711. The third-order valence-corrected chi connectivity index (χ3v) is 5.33. The molecule has 0 unspecified atom stereocenters. The Bertz CT molecular complexity index is 993. The number of hydrogen-bond donors (Lipinski definition) is 2. The molecule has 2 N–H and O–H groups in total. The van der Waals surface area contributed by atoms with E-state index in [-0.39, 0.29) is 0 Å². The van der Waals surface area contributed by atoms with Crippen LogP contribution in [-0.2, 0) is 4.79 Å². The Morgan fingerprint density at radius 1 is 1.31 bits per heavy atom. The molecule has 1 aliphatic heterocycles. The van der Waals surface area contributed by atoms with Gasteiger partial charge in [0, 0.05) is 30.4 Å². The predicted molar refractivity (Wildman–Crippen MR) is 98.3 cm³/mol. The number of pyridine rings is 1. The van der Waals surface area contributed by atoms with Gasteiger partial charge in [0.2, 0.25) is 0 Å². The normalized spacial score (nSPS) is 20.0. The summed E-state index contributed by atoms with van der Waals surface area (Å²) in [4.78, 5) is 21.8. The van der Waals surface area contributed by atoms with Gasteiger partial charge in [-0.3, -0.25) is 0 Å². The van der Waals surface area contributed by atoms with Gasteiger partial charge in [0.1, 0.15) is 5.82 Å². The van der Waals surface area contributed by atoms with Crippen molar-refractivity contribution >= 4 is 45.9 Å². The molecule has 0 aliphatic carbocycles. The van der Waals surface area contributed by atoms with Crippen LogP contribution in [0.2, 0.25) is 10.0 Å². The molecule has 0 radical (unpaired) electrons. The van der Waals surface area contributed by atoms with Gasteiger partial charge in [-0.2, -0.15) is 0 Å². The lowest BCUT2D eigenvalue weighted by Gasteiger charge is -2.25. The van der Waals surface area contributed by atoms with Gasteiger partial charge in [0.15, 0.2) is 6.04 Å². The number of anilines is 1. The van der Waals surface area contributed by atoms with Gasteiger partial charge in [-0.05, 0) is 18.6 Å². The van der Waals surface area contributed by atoms with Gasteiger partial charge < -0.3 is 19.7 Å². The number of aliphatic hydroxyl groups is 1. The second-order valence-electron chi connectivity index (χ2n) is 6.06. The molecule has 0 spiro atoms. The van der Waals surface area contributed by atoms with Crippen LogP contribution in [0.3, 0.4) is 0 Å². The van der Waals surface area contributed by atoms with Crippen molar-refractivity contribution in [3.05, 3.63) is 47.0 Å². The molecule has 3 aromatic rings. The molecular weight excluding hydrogens is 379 g/mol. The van der Waals surface area contributed by atoms with Crippen LogP contribution in [0, 0.1) is 0 Å². The third-order valence-electron chi connectivity index (χ3n) is 4.53. The van der Waals surface area contributed by atoms with E-state index in [1.807, 2.05) is 6.07 Å². The van der Waals surface area contributed by atoms with Gasteiger partial charge in [0.05, 0.1) is 33.7 Å². The van der Waals surface area contributed by atoms with Crippen molar-refractivity contribution in [2.75, 3.05) is 11.4 Å². The maximum atomic E-state index is 11.6. The smallest absolute Gasteiger partial charge is 0.329 e. The van der Waals surface area contributed by atoms with E-state index >= 15 is 0 Å². The SMILES string of the molecule is O=C(O)[C@H]1[C@@H](O)CCN1c1cc(-n2ccnc2)c2ccc(Cl)c(Cl)c2n1. The van der Waals surface area contributed by atoms with E-state index in [1.165, 1.54) is 0 Å². The zero-order valence-corrected chi connectivity index (χ0v) is 14.9. The summed E-state index contributed by atoms with van der Waals surface area (Å²) < 4.78 is 1.79. The fraction of sp³-hybridized carbons (Fsp3) is 0.235. The Labute approximate surface area is 158 Å². The van der Waals surface area contributed by atoms with E-state index in [0.29, 0.717) is 34.3 Å². The van der Waals surface area contributed by atoms with Gasteiger partial charge >= 0.3 is 5.97 Å². The van der Waals surface area contributed by atoms with Crippen LogP contribution in [0.5, 0.6) is 0 Å². The van der Waals surface area contributed by atoms with Crippen molar-refractivity contribution in [1.82, 2.24) is 14.5 Å². The van der Waals surface area contributed by atoms with Gasteiger partial charge in [-0.15, -0.1) is 0 Å². The second-order valence-corrected chi connectivity index (χ2v) is 6.84. The molecule has 9 heteroatoms. The van der Waals surface area contributed by atoms with Crippen molar-refractivity contribution in [1.29, 1.82) is 0 Å². The van der Waals surface area contributed by atoms with Crippen molar-refractivity contribution in [3.8, 4) is 5.69 Å². The maximum Gasteiger partial charge on any atom is 0.329 e. The van der Waals surface area contributed by atoms with E-state index in [4.69, 9.17) is 23.2 Å². The van der Waals surface area contributed by atoms with E-state index in [9.17, 15) is 15.0 Å². The Hall–Kier alpha value is -2.35. The summed E-state index contributed by atoms with van der Waals surface area (Å²) >= 11 is 12.5. The fourth-order valence-electron chi connectivity index (χ4n) is 3.30. The average Bonchev–Trinajstić information content (AvgIpc) is 3.27. The Morgan fingerprint density at radius 2 is 2.12 bits per heavy atom. The zero-order valence-electron chi connectivity index (χ0n) is 13.4. The van der Waals surface area contributed by atoms with Crippen LogP contribution in [0.15, 0.2) is 36.9 Å². The third kappa shape index (κ3) is 2.68. The fourth-order valence-corrected chi connectivity index (χ4v) is 3.66. The van der Waals surface area contributed by atoms with E-state index in [1.54, 1.807) is 40.3 Å². The number of hydrogen-bond acceptors (Lipinski definition) is 5. The molecule has 1 fully saturated rings. The molecule has 0 amide bonds. The summed E-state index contributed by atoms with van der Waals surface area (Å²) in [5, 5.41) is 20.9. The standard InChI is InChI=1S/C17H14Cl2N4O3/c18-10-2-1-9-11(22-6-4-20-8-22)7-13(21-15(9)14(10)19)23-5-3-12(24)16(23)17(25)26/h1-2,4,6-8,12,16,24H,3,5H2,(H,25,26)/t12-,16+/m0/s1. The molecule has 0 saturated carbocycles. The lowest BCUT2D eigenvalue weighted by Crippen LogP contribution is -2.42. The minimum atomic E-state index is -1.10. The molecule has 2 aromatic heterocycles. The first-order valence-electron chi connectivity index (χ1n) is 7.92. The number of carboxylic acids is 1. The summed E-state index contributed by atoms with van der Waals surface area (Å²) in [6.07, 6.45) is 4.43. The molecule has 1 saturated heterocycles. The van der Waals surface area contributed by atoms with Gasteiger partial charge in [-0.1, -0.05) is 23.2 Å². The van der Waals surface area contributed by atoms with Crippen LogP contribution in [0.4, 0.5) is 5.82 Å². The molecule has 7 nitrogen and oxygen atoms in total. The minimum absolute atomic E-state index is 0.291. The highest BCUT2D eigenvalue weighted by molar-refractivity contribution is 6.45. The first-order valence-corrected chi connectivity index (χ1v) is 8.67. The largest absolute Gasteiger partial charge is 0.480 e. The molecule has 1 aliphatic rings. The molecule has 0 bridgehead atoms. The monoisotopic (exact) mass is 392 g/mol. The zero-order chi connectivity index (χ0) is 18.4. The van der Waals surface area contributed by atoms with Crippen LogP contribution in [0.1, 0.15) is 6.42 Å². The van der Waals surface area contributed by atoms with Crippen LogP contribution in [-0.4, -0.2) is 49.4 Å². The van der Waals surface area contributed by atoms with Crippen molar-refractivity contribution in [2.45, 2.75) is 18.6 Å². The van der Waals surface area contributed by atoms with Crippen molar-refractivity contribution in [3.63, 3.8) is 0 Å². The van der Waals surface area contributed by atoms with Crippen molar-refractivity contribution in [2.24, 2.45) is 0 Å². The molecule has 1 aromatic carbocycles. The highest BCUT2D eigenvalue weighted by Crippen LogP contribution is 2.36. The number of fused-ring (bicyclic) bond motifs is 1.